The lowest BCUT2D eigenvalue weighted by atomic mass is 10.1. The van der Waals surface area contributed by atoms with Crippen molar-refractivity contribution >= 4 is 0 Å². The third kappa shape index (κ3) is 2.87. The van der Waals surface area contributed by atoms with Crippen molar-refractivity contribution in [3.63, 3.8) is 0 Å². The van der Waals surface area contributed by atoms with E-state index in [1.54, 1.807) is 6.20 Å². The van der Waals surface area contributed by atoms with E-state index >= 15 is 0 Å². The summed E-state index contributed by atoms with van der Waals surface area (Å²) in [7, 11) is 1.94. The number of aromatic nitrogens is 5. The first-order valence-electron chi connectivity index (χ1n) is 7.76. The Labute approximate surface area is 134 Å². The second-order valence-electron chi connectivity index (χ2n) is 5.80. The average Bonchev–Trinajstić information content (AvgIpc) is 3.29. The monoisotopic (exact) mass is 310 g/mol. The second-order valence-corrected chi connectivity index (χ2v) is 5.80. The normalized spacial score (nSPS) is 18.6. The van der Waals surface area contributed by atoms with Gasteiger partial charge < -0.3 is 4.52 Å². The molecule has 0 saturated carbocycles. The van der Waals surface area contributed by atoms with E-state index in [1.165, 1.54) is 12.0 Å². The van der Waals surface area contributed by atoms with Gasteiger partial charge in [-0.2, -0.15) is 10.1 Å². The summed E-state index contributed by atoms with van der Waals surface area (Å²) in [5.41, 5.74) is 1.97. The molecule has 1 aliphatic rings. The molecule has 0 radical (unpaired) electrons. The fourth-order valence-electron chi connectivity index (χ4n) is 3.10. The number of nitrogens with zero attached hydrogens (tertiary/aromatic N) is 6. The highest BCUT2D eigenvalue weighted by molar-refractivity contribution is 5.46. The van der Waals surface area contributed by atoms with Crippen LogP contribution in [0.15, 0.2) is 41.3 Å². The van der Waals surface area contributed by atoms with Gasteiger partial charge in [-0.3, -0.25) is 14.6 Å². The van der Waals surface area contributed by atoms with Crippen LogP contribution in [0.4, 0.5) is 0 Å². The molecule has 0 spiro atoms. The number of rotatable bonds is 4. The molecule has 1 unspecified atom stereocenters. The van der Waals surface area contributed by atoms with E-state index in [-0.39, 0.29) is 0 Å². The van der Waals surface area contributed by atoms with Crippen molar-refractivity contribution < 1.29 is 4.52 Å². The molecule has 7 heteroatoms. The molecule has 118 valence electrons. The first kappa shape index (κ1) is 14.1. The van der Waals surface area contributed by atoms with Crippen LogP contribution in [-0.2, 0) is 13.6 Å². The van der Waals surface area contributed by atoms with E-state index in [0.717, 1.165) is 18.7 Å². The number of hydrogen-bond donors (Lipinski definition) is 0. The summed E-state index contributed by atoms with van der Waals surface area (Å²) < 4.78 is 7.25. The van der Waals surface area contributed by atoms with E-state index in [0.29, 0.717) is 24.3 Å². The van der Waals surface area contributed by atoms with Crippen molar-refractivity contribution in [1.29, 1.82) is 0 Å². The standard InChI is InChI=1S/C16H18N6O/c1-21-10-12(9-18-21)14-6-4-8-22(14)11-15-19-16(20-23-15)13-5-2-3-7-17-13/h2-3,5,7,9-10,14H,4,6,8,11H2,1H3. The number of aryl methyl sites for hydroxylation is 1. The van der Waals surface area contributed by atoms with Crippen LogP contribution in [-0.4, -0.2) is 36.3 Å². The van der Waals surface area contributed by atoms with Crippen LogP contribution in [0.3, 0.4) is 0 Å². The first-order valence-corrected chi connectivity index (χ1v) is 7.76. The molecule has 0 N–H and O–H groups in total. The third-order valence-corrected chi connectivity index (χ3v) is 4.17. The average molecular weight is 310 g/mol. The van der Waals surface area contributed by atoms with E-state index in [9.17, 15) is 0 Å². The predicted octanol–water partition coefficient (Wildman–Crippen LogP) is 2.20. The summed E-state index contributed by atoms with van der Waals surface area (Å²) >= 11 is 0. The van der Waals surface area contributed by atoms with Gasteiger partial charge in [-0.1, -0.05) is 11.2 Å². The van der Waals surface area contributed by atoms with Gasteiger partial charge in [0.2, 0.25) is 11.7 Å². The van der Waals surface area contributed by atoms with Crippen molar-refractivity contribution in [3.05, 3.63) is 48.2 Å². The Morgan fingerprint density at radius 2 is 2.30 bits per heavy atom. The molecular formula is C16H18N6O. The first-order chi connectivity index (χ1) is 11.3. The fourth-order valence-corrected chi connectivity index (χ4v) is 3.10. The van der Waals surface area contributed by atoms with Crippen molar-refractivity contribution in [1.82, 2.24) is 29.8 Å². The zero-order chi connectivity index (χ0) is 15.6. The summed E-state index contributed by atoms with van der Waals surface area (Å²) in [6.07, 6.45) is 8.05. The summed E-state index contributed by atoms with van der Waals surface area (Å²) in [5, 5.41) is 8.32. The Morgan fingerprint density at radius 3 is 3.09 bits per heavy atom. The van der Waals surface area contributed by atoms with Gasteiger partial charge in [0.25, 0.3) is 0 Å². The predicted molar refractivity (Wildman–Crippen MR) is 83.1 cm³/mol. The van der Waals surface area contributed by atoms with Gasteiger partial charge in [0.1, 0.15) is 5.69 Å². The van der Waals surface area contributed by atoms with Crippen molar-refractivity contribution in [3.8, 4) is 11.5 Å². The molecule has 0 bridgehead atoms. The zero-order valence-corrected chi connectivity index (χ0v) is 13.0. The topological polar surface area (TPSA) is 72.9 Å². The molecule has 0 amide bonds. The number of likely N-dealkylation sites (tertiary alicyclic amines) is 1. The Hall–Kier alpha value is -2.54. The van der Waals surface area contributed by atoms with Crippen LogP contribution in [0.5, 0.6) is 0 Å². The minimum atomic E-state index is 0.369. The Morgan fingerprint density at radius 1 is 1.35 bits per heavy atom. The van der Waals surface area contributed by atoms with Gasteiger partial charge in [0.15, 0.2) is 0 Å². The lowest BCUT2D eigenvalue weighted by Gasteiger charge is -2.21. The molecule has 1 fully saturated rings. The van der Waals surface area contributed by atoms with Gasteiger partial charge in [-0.25, -0.2) is 0 Å². The molecular weight excluding hydrogens is 292 g/mol. The maximum absolute atomic E-state index is 5.41. The van der Waals surface area contributed by atoms with Crippen LogP contribution >= 0.6 is 0 Å². The lowest BCUT2D eigenvalue weighted by Crippen LogP contribution is -2.22. The Balaban J connectivity index is 1.50. The minimum Gasteiger partial charge on any atom is -0.337 e. The van der Waals surface area contributed by atoms with Gasteiger partial charge in [-0.15, -0.1) is 0 Å². The summed E-state index contributed by atoms with van der Waals surface area (Å²) in [4.78, 5) is 11.1. The second kappa shape index (κ2) is 5.92. The van der Waals surface area contributed by atoms with Gasteiger partial charge in [0, 0.05) is 31.0 Å². The van der Waals surface area contributed by atoms with E-state index in [1.807, 2.05) is 36.1 Å². The summed E-state index contributed by atoms with van der Waals surface area (Å²) in [5.74, 6) is 1.17. The van der Waals surface area contributed by atoms with Crippen LogP contribution in [0.2, 0.25) is 0 Å². The van der Waals surface area contributed by atoms with Crippen LogP contribution in [0, 0.1) is 0 Å². The molecule has 1 atom stereocenters. The van der Waals surface area contributed by atoms with Crippen LogP contribution in [0.1, 0.15) is 30.3 Å². The van der Waals surface area contributed by atoms with Crippen molar-refractivity contribution in [2.75, 3.05) is 6.54 Å². The molecule has 4 heterocycles. The summed E-state index contributed by atoms with van der Waals surface area (Å²) in [6.45, 7) is 1.68. The van der Waals surface area contributed by atoms with Gasteiger partial charge >= 0.3 is 0 Å². The molecule has 23 heavy (non-hydrogen) atoms. The molecule has 0 aromatic carbocycles. The zero-order valence-electron chi connectivity index (χ0n) is 13.0. The molecule has 3 aromatic heterocycles. The fraction of sp³-hybridized carbons (Fsp3) is 0.375. The summed E-state index contributed by atoms with van der Waals surface area (Å²) in [6, 6.07) is 6.03. The van der Waals surface area contributed by atoms with Gasteiger partial charge in [-0.05, 0) is 31.5 Å². The Bertz CT molecular complexity index is 781. The van der Waals surface area contributed by atoms with E-state index < -0.39 is 0 Å². The van der Waals surface area contributed by atoms with Crippen molar-refractivity contribution in [2.45, 2.75) is 25.4 Å². The number of pyridine rings is 1. The van der Waals surface area contributed by atoms with Gasteiger partial charge in [0.05, 0.1) is 12.7 Å². The van der Waals surface area contributed by atoms with Crippen LogP contribution in [0.25, 0.3) is 11.5 Å². The minimum absolute atomic E-state index is 0.369. The smallest absolute Gasteiger partial charge is 0.241 e. The highest BCUT2D eigenvalue weighted by Crippen LogP contribution is 2.32. The van der Waals surface area contributed by atoms with Crippen LogP contribution < -0.4 is 0 Å². The molecule has 1 aliphatic heterocycles. The molecule has 0 aliphatic carbocycles. The molecule has 3 aromatic rings. The SMILES string of the molecule is Cn1cc(C2CCCN2Cc2nc(-c3ccccn3)no2)cn1. The molecule has 7 nitrogen and oxygen atoms in total. The lowest BCUT2D eigenvalue weighted by molar-refractivity contribution is 0.212. The Kier molecular flexibility index (Phi) is 3.63. The third-order valence-electron chi connectivity index (χ3n) is 4.17. The van der Waals surface area contributed by atoms with Crippen molar-refractivity contribution in [2.24, 2.45) is 7.05 Å². The van der Waals surface area contributed by atoms with E-state index in [2.05, 4.69) is 31.3 Å². The largest absolute Gasteiger partial charge is 0.337 e. The maximum Gasteiger partial charge on any atom is 0.241 e. The molecule has 1 saturated heterocycles. The quantitative estimate of drug-likeness (QED) is 0.735. The van der Waals surface area contributed by atoms with E-state index in [4.69, 9.17) is 4.52 Å². The number of hydrogen-bond acceptors (Lipinski definition) is 6. The highest BCUT2D eigenvalue weighted by atomic mass is 16.5. The highest BCUT2D eigenvalue weighted by Gasteiger charge is 2.28. The molecule has 4 rings (SSSR count). The maximum atomic E-state index is 5.41.